The summed E-state index contributed by atoms with van der Waals surface area (Å²) in [5.74, 6) is -0.207. The summed E-state index contributed by atoms with van der Waals surface area (Å²) < 4.78 is 0. The monoisotopic (exact) mass is 397 g/mol. The normalized spacial score (nSPS) is 21.5. The van der Waals surface area contributed by atoms with Gasteiger partial charge in [-0.2, -0.15) is 0 Å². The third kappa shape index (κ3) is 4.16. The lowest BCUT2D eigenvalue weighted by atomic mass is 9.95. The van der Waals surface area contributed by atoms with Crippen molar-refractivity contribution in [3.63, 3.8) is 0 Å². The van der Waals surface area contributed by atoms with Crippen LogP contribution >= 0.6 is 23.2 Å². The molecule has 2 amide bonds. The number of benzene rings is 1. The van der Waals surface area contributed by atoms with Gasteiger partial charge in [-0.1, -0.05) is 30.1 Å². The second kappa shape index (κ2) is 8.59. The maximum atomic E-state index is 12.9. The lowest BCUT2D eigenvalue weighted by molar-refractivity contribution is -0.141. The zero-order chi connectivity index (χ0) is 18.7. The van der Waals surface area contributed by atoms with Gasteiger partial charge >= 0.3 is 0 Å². The highest BCUT2D eigenvalue weighted by molar-refractivity contribution is 6.36. The minimum Gasteiger partial charge on any atom is -0.342 e. The number of nitrogens with zero attached hydrogens (tertiary/aromatic N) is 2. The van der Waals surface area contributed by atoms with Gasteiger partial charge in [-0.15, -0.1) is 0 Å². The van der Waals surface area contributed by atoms with Crippen molar-refractivity contribution < 1.29 is 9.59 Å². The van der Waals surface area contributed by atoms with Gasteiger partial charge in [0.15, 0.2) is 0 Å². The van der Waals surface area contributed by atoms with Crippen molar-refractivity contribution in [1.29, 1.82) is 0 Å². The van der Waals surface area contributed by atoms with Crippen LogP contribution in [0.4, 0.5) is 5.69 Å². The maximum Gasteiger partial charge on any atom is 0.239 e. The SMILES string of the molecule is CCNCC1CCN(C(=O)C2CCN(c3cc(Cl)ccc3Cl)C2=O)CC1. The molecule has 1 aromatic rings. The number of hydrogen-bond acceptors (Lipinski definition) is 3. The number of carbonyl (C=O) groups is 2. The molecule has 7 heteroatoms. The summed E-state index contributed by atoms with van der Waals surface area (Å²) in [6.45, 7) is 6.03. The molecule has 1 unspecified atom stereocenters. The van der Waals surface area contributed by atoms with Crippen LogP contribution < -0.4 is 10.2 Å². The summed E-state index contributed by atoms with van der Waals surface area (Å²) in [5, 5.41) is 4.37. The number of carbonyl (C=O) groups excluding carboxylic acids is 2. The molecule has 2 fully saturated rings. The smallest absolute Gasteiger partial charge is 0.239 e. The highest BCUT2D eigenvalue weighted by Gasteiger charge is 2.40. The van der Waals surface area contributed by atoms with E-state index in [1.807, 2.05) is 4.90 Å². The Hall–Kier alpha value is -1.30. The van der Waals surface area contributed by atoms with Crippen molar-refractivity contribution in [1.82, 2.24) is 10.2 Å². The van der Waals surface area contributed by atoms with E-state index >= 15 is 0 Å². The van der Waals surface area contributed by atoms with Gasteiger partial charge in [0.2, 0.25) is 11.8 Å². The maximum absolute atomic E-state index is 12.9. The van der Waals surface area contributed by atoms with Gasteiger partial charge < -0.3 is 15.1 Å². The van der Waals surface area contributed by atoms with E-state index < -0.39 is 5.92 Å². The topological polar surface area (TPSA) is 52.7 Å². The van der Waals surface area contributed by atoms with Crippen LogP contribution in [0.1, 0.15) is 26.2 Å². The number of nitrogens with one attached hydrogen (secondary N) is 1. The Balaban J connectivity index is 1.61. The Morgan fingerprint density at radius 3 is 2.62 bits per heavy atom. The molecule has 1 atom stereocenters. The molecule has 3 rings (SSSR count). The second-order valence-electron chi connectivity index (χ2n) is 7.00. The third-order valence-electron chi connectivity index (χ3n) is 5.31. The van der Waals surface area contributed by atoms with E-state index in [0.717, 1.165) is 39.0 Å². The average molecular weight is 398 g/mol. The lowest BCUT2D eigenvalue weighted by Gasteiger charge is -2.33. The summed E-state index contributed by atoms with van der Waals surface area (Å²) in [7, 11) is 0. The number of hydrogen-bond donors (Lipinski definition) is 1. The van der Waals surface area contributed by atoms with Crippen LogP contribution in [-0.4, -0.2) is 49.4 Å². The van der Waals surface area contributed by atoms with Crippen molar-refractivity contribution in [2.24, 2.45) is 11.8 Å². The molecule has 0 aliphatic carbocycles. The Kier molecular flexibility index (Phi) is 6.43. The summed E-state index contributed by atoms with van der Waals surface area (Å²) >= 11 is 12.3. The first-order valence-electron chi connectivity index (χ1n) is 9.27. The number of rotatable bonds is 5. The third-order valence-corrected chi connectivity index (χ3v) is 5.87. The van der Waals surface area contributed by atoms with E-state index in [2.05, 4.69) is 12.2 Å². The minimum absolute atomic E-state index is 0.0439. The van der Waals surface area contributed by atoms with Crippen molar-refractivity contribution in [3.05, 3.63) is 28.2 Å². The predicted octanol–water partition coefficient (Wildman–Crippen LogP) is 3.19. The Morgan fingerprint density at radius 2 is 1.92 bits per heavy atom. The molecule has 2 saturated heterocycles. The summed E-state index contributed by atoms with van der Waals surface area (Å²) in [6.07, 6.45) is 2.50. The molecule has 2 aliphatic heterocycles. The zero-order valence-electron chi connectivity index (χ0n) is 15.0. The molecule has 0 radical (unpaired) electrons. The summed E-state index contributed by atoms with van der Waals surface area (Å²) in [5.41, 5.74) is 0.587. The van der Waals surface area contributed by atoms with Crippen LogP contribution in [0.25, 0.3) is 0 Å². The summed E-state index contributed by atoms with van der Waals surface area (Å²) in [4.78, 5) is 29.1. The molecule has 1 aromatic carbocycles. The molecule has 0 aromatic heterocycles. The zero-order valence-corrected chi connectivity index (χ0v) is 16.5. The molecule has 0 saturated carbocycles. The van der Waals surface area contributed by atoms with Crippen LogP contribution in [0, 0.1) is 11.8 Å². The summed E-state index contributed by atoms with van der Waals surface area (Å²) in [6, 6.07) is 5.05. The average Bonchev–Trinajstić information content (AvgIpc) is 3.03. The van der Waals surface area contributed by atoms with Gasteiger partial charge in [-0.25, -0.2) is 0 Å². The molecule has 26 heavy (non-hydrogen) atoms. The van der Waals surface area contributed by atoms with Crippen molar-refractivity contribution >= 4 is 40.7 Å². The van der Waals surface area contributed by atoms with Crippen molar-refractivity contribution in [3.8, 4) is 0 Å². The van der Waals surface area contributed by atoms with E-state index in [1.165, 1.54) is 0 Å². The van der Waals surface area contributed by atoms with Gasteiger partial charge in [0.1, 0.15) is 5.92 Å². The molecule has 2 heterocycles. The van der Waals surface area contributed by atoms with Crippen LogP contribution in [0.15, 0.2) is 18.2 Å². The quantitative estimate of drug-likeness (QED) is 0.776. The Bertz CT molecular complexity index is 675. The predicted molar refractivity (Wildman–Crippen MR) is 105 cm³/mol. The number of amides is 2. The number of piperidine rings is 1. The van der Waals surface area contributed by atoms with Crippen LogP contribution in [-0.2, 0) is 9.59 Å². The van der Waals surface area contributed by atoms with Crippen LogP contribution in [0.5, 0.6) is 0 Å². The van der Waals surface area contributed by atoms with Crippen molar-refractivity contribution in [2.75, 3.05) is 37.6 Å². The first-order valence-corrected chi connectivity index (χ1v) is 10.0. The van der Waals surface area contributed by atoms with E-state index in [9.17, 15) is 9.59 Å². The fourth-order valence-corrected chi connectivity index (χ4v) is 4.15. The van der Waals surface area contributed by atoms with Gasteiger partial charge in [0, 0.05) is 24.7 Å². The molecule has 142 valence electrons. The molecule has 0 spiro atoms. The van der Waals surface area contributed by atoms with Gasteiger partial charge in [-0.05, 0) is 56.5 Å². The molecule has 5 nitrogen and oxygen atoms in total. The standard InChI is InChI=1S/C19H25Cl2N3O2/c1-2-22-12-13-5-8-23(9-6-13)18(25)15-7-10-24(19(15)26)17-11-14(20)3-4-16(17)21/h3-4,11,13,15,22H,2,5-10,12H2,1H3. The first-order chi connectivity index (χ1) is 12.5. The molecular formula is C19H25Cl2N3O2. The van der Waals surface area contributed by atoms with E-state index in [4.69, 9.17) is 23.2 Å². The van der Waals surface area contributed by atoms with Gasteiger partial charge in [0.25, 0.3) is 0 Å². The second-order valence-corrected chi connectivity index (χ2v) is 7.85. The number of likely N-dealkylation sites (tertiary alicyclic amines) is 1. The Labute approximate surface area is 164 Å². The Morgan fingerprint density at radius 1 is 1.19 bits per heavy atom. The van der Waals surface area contributed by atoms with Gasteiger partial charge in [-0.3, -0.25) is 9.59 Å². The van der Waals surface area contributed by atoms with Crippen LogP contribution in [0.3, 0.4) is 0 Å². The molecule has 1 N–H and O–H groups in total. The highest BCUT2D eigenvalue weighted by atomic mass is 35.5. The molecular weight excluding hydrogens is 373 g/mol. The van der Waals surface area contributed by atoms with Gasteiger partial charge in [0.05, 0.1) is 10.7 Å². The number of anilines is 1. The minimum atomic E-state index is -0.602. The largest absolute Gasteiger partial charge is 0.342 e. The molecule has 2 aliphatic rings. The first kappa shape index (κ1) is 19.5. The lowest BCUT2D eigenvalue weighted by Crippen LogP contribution is -2.45. The fraction of sp³-hybridized carbons (Fsp3) is 0.579. The number of halogens is 2. The van der Waals surface area contributed by atoms with Crippen molar-refractivity contribution in [2.45, 2.75) is 26.2 Å². The van der Waals surface area contributed by atoms with E-state index in [0.29, 0.717) is 34.6 Å². The van der Waals surface area contributed by atoms with Crippen LogP contribution in [0.2, 0.25) is 10.0 Å². The van der Waals surface area contributed by atoms with E-state index in [1.54, 1.807) is 23.1 Å². The van der Waals surface area contributed by atoms with E-state index in [-0.39, 0.29) is 11.8 Å². The fourth-order valence-electron chi connectivity index (χ4n) is 3.77. The molecule has 0 bridgehead atoms. The highest BCUT2D eigenvalue weighted by Crippen LogP contribution is 2.34.